The molecule has 0 aromatic heterocycles. The van der Waals surface area contributed by atoms with E-state index in [1.54, 1.807) is 12.1 Å². The van der Waals surface area contributed by atoms with Crippen LogP contribution in [0.15, 0.2) is 78.6 Å². The van der Waals surface area contributed by atoms with Crippen molar-refractivity contribution in [2.45, 2.75) is 20.3 Å². The van der Waals surface area contributed by atoms with Gasteiger partial charge >= 0.3 is 0 Å². The second kappa shape index (κ2) is 8.83. The summed E-state index contributed by atoms with van der Waals surface area (Å²) in [6, 6.07) is 21.9. The van der Waals surface area contributed by atoms with E-state index < -0.39 is 0 Å². The quantitative estimate of drug-likeness (QED) is 0.461. The lowest BCUT2D eigenvalue weighted by atomic mass is 10.0. The Kier molecular flexibility index (Phi) is 5.80. The Labute approximate surface area is 177 Å². The molecule has 0 spiro atoms. The van der Waals surface area contributed by atoms with Gasteiger partial charge in [-0.05, 0) is 53.8 Å². The minimum Gasteiger partial charge on any atom is -0.489 e. The van der Waals surface area contributed by atoms with Crippen molar-refractivity contribution in [2.24, 2.45) is 0 Å². The van der Waals surface area contributed by atoms with E-state index in [1.807, 2.05) is 67.6 Å². The van der Waals surface area contributed by atoms with Crippen LogP contribution in [-0.2, 0) is 6.42 Å². The van der Waals surface area contributed by atoms with Gasteiger partial charge in [0.05, 0.1) is 5.56 Å². The van der Waals surface area contributed by atoms with Gasteiger partial charge in [0.25, 0.3) is 0 Å². The van der Waals surface area contributed by atoms with E-state index in [0.29, 0.717) is 29.4 Å². The Morgan fingerprint density at radius 1 is 0.967 bits per heavy atom. The standard InChI is InChI=1S/C27H24O3/c1-3-20-11-13-22(14-12-20)17-25-27(28)26-19(2)16-23(18-24(26)30-25)29-15-7-10-21-8-5-4-6-9-21/h4-14,16-18H,3,15H2,1-2H3/b10-7+,25-17-. The van der Waals surface area contributed by atoms with Crippen LogP contribution in [-0.4, -0.2) is 12.4 Å². The number of rotatable bonds is 6. The van der Waals surface area contributed by atoms with Gasteiger partial charge in [-0.2, -0.15) is 0 Å². The van der Waals surface area contributed by atoms with Crippen molar-refractivity contribution in [3.05, 3.63) is 106 Å². The zero-order valence-corrected chi connectivity index (χ0v) is 17.2. The summed E-state index contributed by atoms with van der Waals surface area (Å²) in [6.45, 7) is 4.47. The highest BCUT2D eigenvalue weighted by Gasteiger charge is 2.29. The zero-order chi connectivity index (χ0) is 20.9. The summed E-state index contributed by atoms with van der Waals surface area (Å²) in [5.74, 6) is 1.50. The van der Waals surface area contributed by atoms with E-state index in [4.69, 9.17) is 9.47 Å². The van der Waals surface area contributed by atoms with Crippen molar-refractivity contribution in [1.82, 2.24) is 0 Å². The predicted octanol–water partition coefficient (Wildman–Crippen LogP) is 6.27. The van der Waals surface area contributed by atoms with E-state index in [0.717, 1.165) is 23.1 Å². The minimum atomic E-state index is -0.0856. The normalized spacial score (nSPS) is 14.2. The molecule has 1 aliphatic heterocycles. The fourth-order valence-electron chi connectivity index (χ4n) is 3.45. The highest BCUT2D eigenvalue weighted by atomic mass is 16.5. The van der Waals surface area contributed by atoms with Gasteiger partial charge in [0.15, 0.2) is 5.76 Å². The van der Waals surface area contributed by atoms with Gasteiger partial charge < -0.3 is 9.47 Å². The summed E-state index contributed by atoms with van der Waals surface area (Å²) < 4.78 is 11.7. The predicted molar refractivity (Wildman–Crippen MR) is 121 cm³/mol. The molecule has 0 radical (unpaired) electrons. The number of carbonyl (C=O) groups is 1. The van der Waals surface area contributed by atoms with E-state index in [9.17, 15) is 4.79 Å². The number of fused-ring (bicyclic) bond motifs is 1. The molecule has 0 aliphatic carbocycles. The molecular weight excluding hydrogens is 372 g/mol. The first kappa shape index (κ1) is 19.7. The van der Waals surface area contributed by atoms with Crippen LogP contribution in [0.3, 0.4) is 0 Å². The summed E-state index contributed by atoms with van der Waals surface area (Å²) in [6.07, 6.45) is 6.77. The maximum absolute atomic E-state index is 12.8. The maximum Gasteiger partial charge on any atom is 0.232 e. The van der Waals surface area contributed by atoms with Crippen LogP contribution in [0.4, 0.5) is 0 Å². The number of ether oxygens (including phenoxy) is 2. The third-order valence-electron chi connectivity index (χ3n) is 5.09. The molecule has 0 fully saturated rings. The van der Waals surface area contributed by atoms with Crippen molar-refractivity contribution in [2.75, 3.05) is 6.61 Å². The van der Waals surface area contributed by atoms with E-state index in [-0.39, 0.29) is 5.78 Å². The smallest absolute Gasteiger partial charge is 0.232 e. The molecule has 3 aromatic carbocycles. The number of Topliss-reactive ketones (excluding diaryl/α,β-unsaturated/α-hetero) is 1. The highest BCUT2D eigenvalue weighted by Crippen LogP contribution is 2.37. The molecule has 0 bridgehead atoms. The number of hydrogen-bond acceptors (Lipinski definition) is 3. The Hall–Kier alpha value is -3.59. The minimum absolute atomic E-state index is 0.0856. The van der Waals surface area contributed by atoms with Crippen molar-refractivity contribution >= 4 is 17.9 Å². The molecule has 0 N–H and O–H groups in total. The van der Waals surface area contributed by atoms with Gasteiger partial charge in [-0.1, -0.05) is 67.6 Å². The largest absolute Gasteiger partial charge is 0.489 e. The van der Waals surface area contributed by atoms with Crippen LogP contribution < -0.4 is 9.47 Å². The van der Waals surface area contributed by atoms with Crippen molar-refractivity contribution in [3.8, 4) is 11.5 Å². The van der Waals surface area contributed by atoms with Gasteiger partial charge in [-0.25, -0.2) is 0 Å². The van der Waals surface area contributed by atoms with Crippen molar-refractivity contribution < 1.29 is 14.3 Å². The molecule has 150 valence electrons. The fourth-order valence-corrected chi connectivity index (χ4v) is 3.45. The Morgan fingerprint density at radius 3 is 2.47 bits per heavy atom. The molecule has 1 aliphatic rings. The molecule has 0 saturated heterocycles. The summed E-state index contributed by atoms with van der Waals surface area (Å²) >= 11 is 0. The van der Waals surface area contributed by atoms with E-state index in [1.165, 1.54) is 5.56 Å². The molecular formula is C27H24O3. The van der Waals surface area contributed by atoms with E-state index >= 15 is 0 Å². The van der Waals surface area contributed by atoms with Crippen LogP contribution in [0.2, 0.25) is 0 Å². The summed E-state index contributed by atoms with van der Waals surface area (Å²) in [5, 5.41) is 0. The molecule has 4 rings (SSSR count). The first-order valence-corrected chi connectivity index (χ1v) is 10.2. The molecule has 0 atom stereocenters. The summed E-state index contributed by atoms with van der Waals surface area (Å²) in [4.78, 5) is 12.8. The summed E-state index contributed by atoms with van der Waals surface area (Å²) in [5.41, 5.74) is 4.80. The van der Waals surface area contributed by atoms with Crippen LogP contribution >= 0.6 is 0 Å². The Bertz CT molecular complexity index is 1110. The summed E-state index contributed by atoms with van der Waals surface area (Å²) in [7, 11) is 0. The lowest BCUT2D eigenvalue weighted by Crippen LogP contribution is -2.00. The first-order valence-electron chi connectivity index (χ1n) is 10.2. The van der Waals surface area contributed by atoms with Crippen LogP contribution in [0.1, 0.15) is 39.5 Å². The van der Waals surface area contributed by atoms with Crippen molar-refractivity contribution in [1.29, 1.82) is 0 Å². The first-order chi connectivity index (χ1) is 14.6. The number of carbonyl (C=O) groups excluding carboxylic acids is 1. The fraction of sp³-hybridized carbons (Fsp3) is 0.148. The monoisotopic (exact) mass is 396 g/mol. The molecule has 3 aromatic rings. The molecule has 3 nitrogen and oxygen atoms in total. The maximum atomic E-state index is 12.8. The Balaban J connectivity index is 1.48. The molecule has 30 heavy (non-hydrogen) atoms. The second-order valence-electron chi connectivity index (χ2n) is 7.27. The third kappa shape index (κ3) is 4.36. The lowest BCUT2D eigenvalue weighted by Gasteiger charge is -2.07. The SMILES string of the molecule is CCc1ccc(/C=C2\Oc3cc(OC/C=C/c4ccccc4)cc(C)c3C2=O)cc1. The van der Waals surface area contributed by atoms with Gasteiger partial charge in [0.1, 0.15) is 18.1 Å². The number of benzene rings is 3. The molecule has 0 unspecified atom stereocenters. The van der Waals surface area contributed by atoms with Crippen LogP contribution in [0, 0.1) is 6.92 Å². The zero-order valence-electron chi connectivity index (χ0n) is 17.2. The highest BCUT2D eigenvalue weighted by molar-refractivity contribution is 6.15. The number of ketones is 1. The van der Waals surface area contributed by atoms with Crippen LogP contribution in [0.5, 0.6) is 11.5 Å². The number of aryl methyl sites for hydroxylation is 2. The number of hydrogen-bond donors (Lipinski definition) is 0. The molecule has 0 amide bonds. The van der Waals surface area contributed by atoms with Crippen molar-refractivity contribution in [3.63, 3.8) is 0 Å². The average Bonchev–Trinajstić information content (AvgIpc) is 3.08. The Morgan fingerprint density at radius 2 is 1.73 bits per heavy atom. The van der Waals surface area contributed by atoms with Gasteiger partial charge in [-0.15, -0.1) is 0 Å². The number of allylic oxidation sites excluding steroid dienone is 1. The lowest BCUT2D eigenvalue weighted by molar-refractivity contribution is 0.101. The molecule has 3 heteroatoms. The second-order valence-corrected chi connectivity index (χ2v) is 7.27. The van der Waals surface area contributed by atoms with Crippen LogP contribution in [0.25, 0.3) is 12.2 Å². The van der Waals surface area contributed by atoms with E-state index in [2.05, 4.69) is 19.1 Å². The van der Waals surface area contributed by atoms with Gasteiger partial charge in [0, 0.05) is 6.07 Å². The topological polar surface area (TPSA) is 35.5 Å². The molecule has 1 heterocycles. The average molecular weight is 396 g/mol. The van der Waals surface area contributed by atoms with Gasteiger partial charge in [0.2, 0.25) is 5.78 Å². The van der Waals surface area contributed by atoms with Gasteiger partial charge in [-0.3, -0.25) is 4.79 Å². The third-order valence-corrected chi connectivity index (χ3v) is 5.09. The molecule has 0 saturated carbocycles.